The van der Waals surface area contributed by atoms with Gasteiger partial charge in [0.2, 0.25) is 0 Å². The first kappa shape index (κ1) is 22.2. The predicted octanol–water partition coefficient (Wildman–Crippen LogP) is 3.04. The molecule has 2 rings (SSSR count). The molecule has 5 nitrogen and oxygen atoms in total. The standard InChI is InChI=1S/C15H21ClF3N5.HI/c1-2-20-14(22-8-11-3-4-13(16)21-7-11)23-12-5-6-24(9-12)10-15(17,18)19;/h3-4,7,12H,2,5-6,8-10H2,1H3,(H2,20,22,23);1H. The van der Waals surface area contributed by atoms with Crippen molar-refractivity contribution in [3.63, 3.8) is 0 Å². The van der Waals surface area contributed by atoms with Crippen LogP contribution in [0.5, 0.6) is 0 Å². The SMILES string of the molecule is CCNC(=NCc1ccc(Cl)nc1)NC1CCN(CC(F)(F)F)C1.I. The minimum Gasteiger partial charge on any atom is -0.357 e. The Morgan fingerprint density at radius 2 is 2.20 bits per heavy atom. The van der Waals surface area contributed by atoms with E-state index in [9.17, 15) is 13.2 Å². The Kier molecular flexibility index (Phi) is 9.22. The number of likely N-dealkylation sites (tertiary alicyclic amines) is 1. The molecule has 1 aliphatic heterocycles. The molecule has 0 saturated carbocycles. The van der Waals surface area contributed by atoms with Crippen LogP contribution in [-0.4, -0.2) is 54.2 Å². The molecule has 0 aromatic carbocycles. The molecule has 0 spiro atoms. The van der Waals surface area contributed by atoms with E-state index in [2.05, 4.69) is 20.6 Å². The van der Waals surface area contributed by atoms with E-state index in [0.29, 0.717) is 43.7 Å². The van der Waals surface area contributed by atoms with Crippen LogP contribution >= 0.6 is 35.6 Å². The van der Waals surface area contributed by atoms with Crippen LogP contribution in [0.1, 0.15) is 18.9 Å². The van der Waals surface area contributed by atoms with Gasteiger partial charge in [-0.25, -0.2) is 9.98 Å². The number of guanidine groups is 1. The molecule has 0 bridgehead atoms. The van der Waals surface area contributed by atoms with Crippen molar-refractivity contribution >= 4 is 41.5 Å². The van der Waals surface area contributed by atoms with E-state index < -0.39 is 12.7 Å². The summed E-state index contributed by atoms with van der Waals surface area (Å²) in [5.74, 6) is 0.589. The van der Waals surface area contributed by atoms with Crippen molar-refractivity contribution < 1.29 is 13.2 Å². The maximum absolute atomic E-state index is 12.4. The molecular formula is C15H22ClF3IN5. The van der Waals surface area contributed by atoms with Gasteiger partial charge in [-0.1, -0.05) is 17.7 Å². The molecule has 1 aliphatic rings. The van der Waals surface area contributed by atoms with E-state index in [0.717, 1.165) is 5.56 Å². The summed E-state index contributed by atoms with van der Waals surface area (Å²) in [6.45, 7) is 2.94. The number of hydrogen-bond acceptors (Lipinski definition) is 3. The molecule has 25 heavy (non-hydrogen) atoms. The van der Waals surface area contributed by atoms with Crippen LogP contribution in [0.4, 0.5) is 13.2 Å². The summed E-state index contributed by atoms with van der Waals surface area (Å²) >= 11 is 5.74. The van der Waals surface area contributed by atoms with E-state index in [1.54, 1.807) is 12.3 Å². The van der Waals surface area contributed by atoms with Crippen LogP contribution in [-0.2, 0) is 6.54 Å². The van der Waals surface area contributed by atoms with Crippen molar-refractivity contribution in [3.05, 3.63) is 29.0 Å². The third-order valence-corrected chi connectivity index (χ3v) is 3.79. The number of aliphatic imine (C=N–C) groups is 1. The lowest BCUT2D eigenvalue weighted by atomic mass is 10.2. The van der Waals surface area contributed by atoms with Gasteiger partial charge in [0, 0.05) is 31.9 Å². The molecule has 10 heteroatoms. The highest BCUT2D eigenvalue weighted by atomic mass is 127. The highest BCUT2D eigenvalue weighted by molar-refractivity contribution is 14.0. The Balaban J connectivity index is 0.00000312. The first-order valence-electron chi connectivity index (χ1n) is 7.80. The fourth-order valence-electron chi connectivity index (χ4n) is 2.53. The summed E-state index contributed by atoms with van der Waals surface area (Å²) in [6.07, 6.45) is -1.85. The minimum atomic E-state index is -4.16. The second kappa shape index (κ2) is 10.4. The third kappa shape index (κ3) is 8.41. The lowest BCUT2D eigenvalue weighted by molar-refractivity contribution is -0.143. The minimum absolute atomic E-state index is 0. The van der Waals surface area contributed by atoms with E-state index in [4.69, 9.17) is 11.6 Å². The van der Waals surface area contributed by atoms with Gasteiger partial charge in [0.05, 0.1) is 13.1 Å². The number of nitrogens with zero attached hydrogens (tertiary/aromatic N) is 3. The van der Waals surface area contributed by atoms with E-state index in [1.165, 1.54) is 4.90 Å². The number of hydrogen-bond donors (Lipinski definition) is 2. The Labute approximate surface area is 167 Å². The molecular weight excluding hydrogens is 470 g/mol. The second-order valence-corrected chi connectivity index (χ2v) is 6.05. The Morgan fingerprint density at radius 3 is 2.80 bits per heavy atom. The molecule has 0 radical (unpaired) electrons. The van der Waals surface area contributed by atoms with Crippen molar-refractivity contribution in [2.24, 2.45) is 4.99 Å². The van der Waals surface area contributed by atoms with Gasteiger partial charge < -0.3 is 10.6 Å². The van der Waals surface area contributed by atoms with Crippen LogP contribution in [0.3, 0.4) is 0 Å². The first-order valence-corrected chi connectivity index (χ1v) is 8.18. The summed E-state index contributed by atoms with van der Waals surface area (Å²) in [5.41, 5.74) is 0.904. The van der Waals surface area contributed by atoms with Crippen molar-refractivity contribution in [2.75, 3.05) is 26.2 Å². The molecule has 0 aliphatic carbocycles. The number of rotatable bonds is 5. The van der Waals surface area contributed by atoms with Crippen molar-refractivity contribution in [1.82, 2.24) is 20.5 Å². The van der Waals surface area contributed by atoms with Crippen molar-refractivity contribution in [1.29, 1.82) is 0 Å². The van der Waals surface area contributed by atoms with E-state index in [1.807, 2.05) is 13.0 Å². The van der Waals surface area contributed by atoms with Crippen LogP contribution in [0.2, 0.25) is 5.15 Å². The quantitative estimate of drug-likeness (QED) is 0.288. The molecule has 1 fully saturated rings. The van der Waals surface area contributed by atoms with Gasteiger partial charge in [0.1, 0.15) is 5.15 Å². The van der Waals surface area contributed by atoms with Crippen LogP contribution in [0, 0.1) is 0 Å². The number of nitrogens with one attached hydrogen (secondary N) is 2. The monoisotopic (exact) mass is 491 g/mol. The van der Waals surface area contributed by atoms with Gasteiger partial charge >= 0.3 is 6.18 Å². The average molecular weight is 492 g/mol. The zero-order chi connectivity index (χ0) is 17.6. The molecule has 2 N–H and O–H groups in total. The average Bonchev–Trinajstić information content (AvgIpc) is 2.91. The maximum Gasteiger partial charge on any atom is 0.401 e. The van der Waals surface area contributed by atoms with Crippen LogP contribution in [0.15, 0.2) is 23.3 Å². The fraction of sp³-hybridized carbons (Fsp3) is 0.600. The number of aromatic nitrogens is 1. The summed E-state index contributed by atoms with van der Waals surface area (Å²) in [4.78, 5) is 9.85. The number of halogens is 5. The van der Waals surface area contributed by atoms with Gasteiger partial charge in [0.25, 0.3) is 0 Å². The zero-order valence-electron chi connectivity index (χ0n) is 13.8. The molecule has 1 saturated heterocycles. The van der Waals surface area contributed by atoms with Gasteiger partial charge in [-0.2, -0.15) is 13.2 Å². The normalized spacial score (nSPS) is 18.8. The zero-order valence-corrected chi connectivity index (χ0v) is 16.9. The maximum atomic E-state index is 12.4. The highest BCUT2D eigenvalue weighted by Crippen LogP contribution is 2.19. The summed E-state index contributed by atoms with van der Waals surface area (Å²) < 4.78 is 37.3. The van der Waals surface area contributed by atoms with Gasteiger partial charge in [-0.3, -0.25) is 4.90 Å². The molecule has 1 aromatic rings. The van der Waals surface area contributed by atoms with Crippen molar-refractivity contribution in [3.8, 4) is 0 Å². The summed E-state index contributed by atoms with van der Waals surface area (Å²) in [7, 11) is 0. The lowest BCUT2D eigenvalue weighted by Gasteiger charge is -2.19. The molecule has 142 valence electrons. The third-order valence-electron chi connectivity index (χ3n) is 3.57. The van der Waals surface area contributed by atoms with Crippen molar-refractivity contribution in [2.45, 2.75) is 32.1 Å². The first-order chi connectivity index (χ1) is 11.4. The smallest absolute Gasteiger partial charge is 0.357 e. The molecule has 1 aromatic heterocycles. The van der Waals surface area contributed by atoms with Gasteiger partial charge in [-0.05, 0) is 25.0 Å². The second-order valence-electron chi connectivity index (χ2n) is 5.66. The Morgan fingerprint density at radius 1 is 1.44 bits per heavy atom. The van der Waals surface area contributed by atoms with Gasteiger partial charge in [-0.15, -0.1) is 24.0 Å². The van der Waals surface area contributed by atoms with Crippen LogP contribution < -0.4 is 10.6 Å². The highest BCUT2D eigenvalue weighted by Gasteiger charge is 2.34. The summed E-state index contributed by atoms with van der Waals surface area (Å²) in [6, 6.07) is 3.48. The van der Waals surface area contributed by atoms with Crippen LogP contribution in [0.25, 0.3) is 0 Å². The predicted molar refractivity (Wildman–Crippen MR) is 104 cm³/mol. The fourth-order valence-corrected chi connectivity index (χ4v) is 2.64. The summed E-state index contributed by atoms with van der Waals surface area (Å²) in [5, 5.41) is 6.72. The molecule has 1 atom stereocenters. The number of alkyl halides is 3. The number of pyridine rings is 1. The molecule has 2 heterocycles. The van der Waals surface area contributed by atoms with Gasteiger partial charge in [0.15, 0.2) is 5.96 Å². The van der Waals surface area contributed by atoms with E-state index >= 15 is 0 Å². The Bertz CT molecular complexity index is 553. The topological polar surface area (TPSA) is 52.6 Å². The largest absolute Gasteiger partial charge is 0.401 e. The lowest BCUT2D eigenvalue weighted by Crippen LogP contribution is -2.45. The molecule has 0 amide bonds. The van der Waals surface area contributed by atoms with E-state index in [-0.39, 0.29) is 30.0 Å². The Hall–Kier alpha value is -0.810. The molecule has 1 unspecified atom stereocenters.